The first-order valence-electron chi connectivity index (χ1n) is 9.62. The van der Waals surface area contributed by atoms with Crippen LogP contribution in [0.1, 0.15) is 10.4 Å². The lowest BCUT2D eigenvalue weighted by Gasteiger charge is -2.18. The Morgan fingerprint density at radius 1 is 0.839 bits per heavy atom. The van der Waals surface area contributed by atoms with Gasteiger partial charge >= 0.3 is 6.01 Å². The number of ether oxygens (including phenoxy) is 3. The number of para-hydroxylation sites is 1. The Morgan fingerprint density at radius 2 is 1.58 bits per heavy atom. The number of anilines is 1. The molecule has 0 bridgehead atoms. The fourth-order valence-electron chi connectivity index (χ4n) is 3.04. The molecule has 1 amide bonds. The second-order valence-electron chi connectivity index (χ2n) is 6.66. The van der Waals surface area contributed by atoms with Gasteiger partial charge in [-0.15, -0.1) is 5.10 Å². The topological polar surface area (TPSA) is 95.7 Å². The smallest absolute Gasteiger partial charge is 0.322 e. The molecule has 31 heavy (non-hydrogen) atoms. The maximum Gasteiger partial charge on any atom is 0.322 e. The number of rotatable bonds is 5. The summed E-state index contributed by atoms with van der Waals surface area (Å²) >= 11 is 0. The van der Waals surface area contributed by atoms with E-state index < -0.39 is 0 Å². The van der Waals surface area contributed by atoms with E-state index in [4.69, 9.17) is 18.6 Å². The van der Waals surface area contributed by atoms with Gasteiger partial charge < -0.3 is 18.6 Å². The van der Waals surface area contributed by atoms with E-state index in [0.29, 0.717) is 41.6 Å². The molecule has 1 aliphatic rings. The average Bonchev–Trinajstić information content (AvgIpc) is 3.28. The molecule has 1 aromatic heterocycles. The van der Waals surface area contributed by atoms with Gasteiger partial charge in [-0.25, -0.2) is 0 Å². The van der Waals surface area contributed by atoms with Crippen LogP contribution in [0.15, 0.2) is 77.2 Å². The van der Waals surface area contributed by atoms with Crippen LogP contribution in [0.25, 0.3) is 11.5 Å². The first kappa shape index (κ1) is 18.7. The lowest BCUT2D eigenvalue weighted by molar-refractivity contribution is 0.102. The zero-order valence-corrected chi connectivity index (χ0v) is 16.3. The van der Waals surface area contributed by atoms with Crippen LogP contribution in [0, 0.1) is 0 Å². The Hall–Kier alpha value is -4.33. The van der Waals surface area contributed by atoms with E-state index >= 15 is 0 Å². The minimum Gasteiger partial charge on any atom is -0.486 e. The summed E-state index contributed by atoms with van der Waals surface area (Å²) in [4.78, 5) is 12.5. The monoisotopic (exact) mass is 415 g/mol. The summed E-state index contributed by atoms with van der Waals surface area (Å²) in [5.74, 6) is 2.52. The lowest BCUT2D eigenvalue weighted by atomic mass is 10.2. The Kier molecular flexibility index (Phi) is 4.94. The van der Waals surface area contributed by atoms with Crippen molar-refractivity contribution >= 4 is 11.9 Å². The van der Waals surface area contributed by atoms with E-state index in [2.05, 4.69) is 15.5 Å². The fraction of sp³-hybridized carbons (Fsp3) is 0.0870. The average molecular weight is 415 g/mol. The van der Waals surface area contributed by atoms with E-state index in [1.165, 1.54) is 0 Å². The Bertz CT molecular complexity index is 1210. The summed E-state index contributed by atoms with van der Waals surface area (Å²) in [6.07, 6.45) is 0. The molecule has 0 atom stereocenters. The highest BCUT2D eigenvalue weighted by Gasteiger charge is 2.17. The van der Waals surface area contributed by atoms with Crippen molar-refractivity contribution in [2.24, 2.45) is 0 Å². The zero-order chi connectivity index (χ0) is 21.0. The highest BCUT2D eigenvalue weighted by molar-refractivity contribution is 6.03. The van der Waals surface area contributed by atoms with Crippen LogP contribution >= 0.6 is 0 Å². The van der Waals surface area contributed by atoms with E-state index in [0.717, 1.165) is 5.75 Å². The third-order valence-electron chi connectivity index (χ3n) is 4.53. The number of amides is 1. The second kappa shape index (κ2) is 8.19. The van der Waals surface area contributed by atoms with E-state index in [9.17, 15) is 4.79 Å². The Labute approximate surface area is 177 Å². The Morgan fingerprint density at radius 3 is 2.39 bits per heavy atom. The molecule has 1 aliphatic heterocycles. The molecule has 0 saturated carbocycles. The number of aromatic nitrogens is 2. The lowest BCUT2D eigenvalue weighted by Crippen LogP contribution is -2.15. The van der Waals surface area contributed by atoms with Crippen molar-refractivity contribution in [1.82, 2.24) is 10.2 Å². The van der Waals surface area contributed by atoms with Gasteiger partial charge in [-0.05, 0) is 54.6 Å². The number of hydrogen-bond donors (Lipinski definition) is 1. The molecule has 8 nitrogen and oxygen atoms in total. The summed E-state index contributed by atoms with van der Waals surface area (Å²) in [5.41, 5.74) is 1.10. The normalized spacial score (nSPS) is 12.3. The number of nitrogens with zero attached hydrogens (tertiary/aromatic N) is 2. The maximum absolute atomic E-state index is 12.5. The number of benzene rings is 3. The van der Waals surface area contributed by atoms with Crippen LogP contribution in [-0.4, -0.2) is 29.3 Å². The second-order valence-corrected chi connectivity index (χ2v) is 6.66. The van der Waals surface area contributed by atoms with Crippen molar-refractivity contribution < 1.29 is 23.4 Å². The standard InChI is InChI=1S/C23H17N3O5/c27-21(15-6-9-18(10-7-15)30-17-4-2-1-3-5-17)24-23-26-25-22(31-23)16-8-11-19-20(14-16)29-13-12-28-19/h1-11,14H,12-13H2,(H,24,26,27). The minimum atomic E-state index is -0.372. The molecule has 2 heterocycles. The quantitative estimate of drug-likeness (QED) is 0.511. The molecule has 0 saturated heterocycles. The molecule has 1 N–H and O–H groups in total. The summed E-state index contributed by atoms with van der Waals surface area (Å²) < 4.78 is 22.4. The molecule has 3 aromatic carbocycles. The van der Waals surface area contributed by atoms with Gasteiger partial charge in [-0.1, -0.05) is 23.3 Å². The number of hydrogen-bond acceptors (Lipinski definition) is 7. The maximum atomic E-state index is 12.5. The molecule has 0 radical (unpaired) electrons. The first-order chi connectivity index (χ1) is 15.2. The van der Waals surface area contributed by atoms with E-state index in [1.54, 1.807) is 42.5 Å². The molecular formula is C23H17N3O5. The minimum absolute atomic E-state index is 0.000462. The van der Waals surface area contributed by atoms with Crippen molar-refractivity contribution in [3.8, 4) is 34.5 Å². The predicted molar refractivity (Wildman–Crippen MR) is 112 cm³/mol. The number of fused-ring (bicyclic) bond motifs is 1. The van der Waals surface area contributed by atoms with Crippen LogP contribution in [0.5, 0.6) is 23.0 Å². The van der Waals surface area contributed by atoms with Crippen LogP contribution in [0.4, 0.5) is 6.01 Å². The summed E-state index contributed by atoms with van der Waals surface area (Å²) in [7, 11) is 0. The Balaban J connectivity index is 1.25. The van der Waals surface area contributed by atoms with Gasteiger partial charge in [0.05, 0.1) is 0 Å². The third-order valence-corrected chi connectivity index (χ3v) is 4.53. The van der Waals surface area contributed by atoms with Crippen molar-refractivity contribution in [1.29, 1.82) is 0 Å². The summed E-state index contributed by atoms with van der Waals surface area (Å²) in [6, 6.07) is 21.5. The molecule has 0 aliphatic carbocycles. The van der Waals surface area contributed by atoms with Gasteiger partial charge in [-0.2, -0.15) is 0 Å². The third kappa shape index (κ3) is 4.18. The summed E-state index contributed by atoms with van der Waals surface area (Å²) in [5, 5.41) is 10.5. The highest BCUT2D eigenvalue weighted by Crippen LogP contribution is 2.34. The van der Waals surface area contributed by atoms with Crippen molar-refractivity contribution in [2.45, 2.75) is 0 Å². The molecule has 0 unspecified atom stereocenters. The van der Waals surface area contributed by atoms with Crippen LogP contribution < -0.4 is 19.5 Å². The molecule has 0 spiro atoms. The number of carbonyl (C=O) groups is 1. The van der Waals surface area contributed by atoms with E-state index in [-0.39, 0.29) is 17.8 Å². The molecular weight excluding hydrogens is 398 g/mol. The molecule has 4 aromatic rings. The van der Waals surface area contributed by atoms with Crippen LogP contribution in [0.3, 0.4) is 0 Å². The van der Waals surface area contributed by atoms with Gasteiger partial charge in [0.1, 0.15) is 24.7 Å². The fourth-order valence-corrected chi connectivity index (χ4v) is 3.04. The molecule has 0 fully saturated rings. The van der Waals surface area contributed by atoms with E-state index in [1.807, 2.05) is 30.3 Å². The SMILES string of the molecule is O=C(Nc1nnc(-c2ccc3c(c2)OCCO3)o1)c1ccc(Oc2ccccc2)cc1. The molecule has 154 valence electrons. The predicted octanol–water partition coefficient (Wildman–Crippen LogP) is 4.55. The number of nitrogens with one attached hydrogen (secondary N) is 1. The van der Waals surface area contributed by atoms with Gasteiger partial charge in [0, 0.05) is 11.1 Å². The largest absolute Gasteiger partial charge is 0.486 e. The van der Waals surface area contributed by atoms with Crippen molar-refractivity contribution in [2.75, 3.05) is 18.5 Å². The van der Waals surface area contributed by atoms with Crippen LogP contribution in [-0.2, 0) is 0 Å². The van der Waals surface area contributed by atoms with Crippen molar-refractivity contribution in [3.63, 3.8) is 0 Å². The van der Waals surface area contributed by atoms with Gasteiger partial charge in [0.25, 0.3) is 5.91 Å². The highest BCUT2D eigenvalue weighted by atomic mass is 16.6. The molecule has 8 heteroatoms. The zero-order valence-electron chi connectivity index (χ0n) is 16.3. The number of carbonyl (C=O) groups excluding carboxylic acids is 1. The van der Waals surface area contributed by atoms with Crippen LogP contribution in [0.2, 0.25) is 0 Å². The molecule has 5 rings (SSSR count). The van der Waals surface area contributed by atoms with Gasteiger partial charge in [0.2, 0.25) is 5.89 Å². The first-order valence-corrected chi connectivity index (χ1v) is 9.62. The van der Waals surface area contributed by atoms with Gasteiger partial charge in [0.15, 0.2) is 11.5 Å². The van der Waals surface area contributed by atoms with Gasteiger partial charge in [-0.3, -0.25) is 10.1 Å². The van der Waals surface area contributed by atoms with Crippen molar-refractivity contribution in [3.05, 3.63) is 78.4 Å². The summed E-state index contributed by atoms with van der Waals surface area (Å²) in [6.45, 7) is 0.999.